The molecule has 0 heterocycles. The van der Waals surface area contributed by atoms with Gasteiger partial charge in [-0.25, -0.2) is 4.39 Å². The van der Waals surface area contributed by atoms with Crippen molar-refractivity contribution >= 4 is 0 Å². The Bertz CT molecular complexity index is 284. The van der Waals surface area contributed by atoms with E-state index in [1.54, 1.807) is 0 Å². The summed E-state index contributed by atoms with van der Waals surface area (Å²) in [5.41, 5.74) is 6.67. The van der Waals surface area contributed by atoms with Gasteiger partial charge in [0, 0.05) is 6.54 Å². The molecule has 0 saturated heterocycles. The van der Waals surface area contributed by atoms with E-state index in [-0.39, 0.29) is 5.82 Å². The van der Waals surface area contributed by atoms with E-state index < -0.39 is 0 Å². The third kappa shape index (κ3) is 4.73. The molecule has 2 N–H and O–H groups in total. The second-order valence-corrected chi connectivity index (χ2v) is 4.04. The van der Waals surface area contributed by atoms with E-state index in [0.29, 0.717) is 0 Å². The zero-order valence-electron chi connectivity index (χ0n) is 9.95. The fourth-order valence-corrected chi connectivity index (χ4v) is 1.75. The van der Waals surface area contributed by atoms with Gasteiger partial charge in [0.05, 0.1) is 0 Å². The molecule has 0 saturated carbocycles. The minimum absolute atomic E-state index is 0.173. The van der Waals surface area contributed by atoms with Gasteiger partial charge in [-0.15, -0.1) is 0 Å². The number of nitrogens with zero attached hydrogens (tertiary/aromatic N) is 1. The highest BCUT2D eigenvalue weighted by molar-refractivity contribution is 5.15. The molecule has 0 aliphatic rings. The second-order valence-electron chi connectivity index (χ2n) is 4.04. The van der Waals surface area contributed by atoms with E-state index in [2.05, 4.69) is 11.8 Å². The Labute approximate surface area is 97.3 Å². The first kappa shape index (κ1) is 13.1. The average Bonchev–Trinajstić information content (AvgIpc) is 2.29. The Morgan fingerprint density at radius 2 is 1.88 bits per heavy atom. The Kier molecular flexibility index (Phi) is 6.04. The molecule has 90 valence electrons. The van der Waals surface area contributed by atoms with Gasteiger partial charge in [0.1, 0.15) is 5.82 Å². The SMILES string of the molecule is CCCN(CCCN)Cc1ccc(F)cc1. The number of nitrogens with two attached hydrogens (primary N) is 1. The van der Waals surface area contributed by atoms with E-state index >= 15 is 0 Å². The van der Waals surface area contributed by atoms with E-state index in [1.807, 2.05) is 12.1 Å². The van der Waals surface area contributed by atoms with Crippen LogP contribution in [0.5, 0.6) is 0 Å². The van der Waals surface area contributed by atoms with Crippen LogP contribution in [0.15, 0.2) is 24.3 Å². The molecule has 1 aromatic rings. The predicted octanol–water partition coefficient (Wildman–Crippen LogP) is 2.39. The lowest BCUT2D eigenvalue weighted by atomic mass is 10.2. The van der Waals surface area contributed by atoms with Crippen molar-refractivity contribution in [3.63, 3.8) is 0 Å². The Hall–Kier alpha value is -0.930. The maximum atomic E-state index is 12.7. The molecule has 0 bridgehead atoms. The topological polar surface area (TPSA) is 29.3 Å². The number of hydrogen-bond donors (Lipinski definition) is 1. The molecule has 0 unspecified atom stereocenters. The third-order valence-corrected chi connectivity index (χ3v) is 2.54. The normalized spacial score (nSPS) is 11.0. The van der Waals surface area contributed by atoms with Crippen molar-refractivity contribution in [1.82, 2.24) is 4.90 Å². The molecule has 0 aliphatic carbocycles. The molecule has 0 amide bonds. The van der Waals surface area contributed by atoms with Crippen LogP contribution in [0.4, 0.5) is 4.39 Å². The number of halogens is 1. The molecular formula is C13H21FN2. The predicted molar refractivity (Wildman–Crippen MR) is 65.6 cm³/mol. The van der Waals surface area contributed by atoms with Gasteiger partial charge in [-0.05, 0) is 50.2 Å². The molecule has 2 nitrogen and oxygen atoms in total. The zero-order chi connectivity index (χ0) is 11.8. The largest absolute Gasteiger partial charge is 0.330 e. The second kappa shape index (κ2) is 7.36. The molecule has 0 aliphatic heterocycles. The van der Waals surface area contributed by atoms with Crippen LogP contribution in [0.3, 0.4) is 0 Å². The molecule has 0 fully saturated rings. The summed E-state index contributed by atoms with van der Waals surface area (Å²) in [6.45, 7) is 5.86. The van der Waals surface area contributed by atoms with Crippen molar-refractivity contribution in [1.29, 1.82) is 0 Å². The van der Waals surface area contributed by atoms with E-state index in [1.165, 1.54) is 12.1 Å². The third-order valence-electron chi connectivity index (χ3n) is 2.54. The number of hydrogen-bond acceptors (Lipinski definition) is 2. The quantitative estimate of drug-likeness (QED) is 0.770. The van der Waals surface area contributed by atoms with Crippen molar-refractivity contribution in [3.05, 3.63) is 35.6 Å². The summed E-state index contributed by atoms with van der Waals surface area (Å²) in [5, 5.41) is 0. The molecule has 16 heavy (non-hydrogen) atoms. The van der Waals surface area contributed by atoms with Gasteiger partial charge >= 0.3 is 0 Å². The molecule has 0 aromatic heterocycles. The monoisotopic (exact) mass is 224 g/mol. The van der Waals surface area contributed by atoms with Crippen LogP contribution >= 0.6 is 0 Å². The maximum absolute atomic E-state index is 12.7. The van der Waals surface area contributed by atoms with Crippen LogP contribution in [0, 0.1) is 5.82 Å². The molecule has 3 heteroatoms. The molecular weight excluding hydrogens is 203 g/mol. The molecule has 0 atom stereocenters. The highest BCUT2D eigenvalue weighted by Gasteiger charge is 2.04. The van der Waals surface area contributed by atoms with Crippen LogP contribution in [-0.2, 0) is 6.54 Å². The van der Waals surface area contributed by atoms with E-state index in [9.17, 15) is 4.39 Å². The standard InChI is InChI=1S/C13H21FN2/c1-2-9-16(10-3-8-15)11-12-4-6-13(14)7-5-12/h4-7H,2-3,8-11,15H2,1H3. The van der Waals surface area contributed by atoms with Crippen molar-refractivity contribution in [3.8, 4) is 0 Å². The summed E-state index contributed by atoms with van der Waals surface area (Å²) in [6, 6.07) is 6.73. The average molecular weight is 224 g/mol. The van der Waals surface area contributed by atoms with E-state index in [4.69, 9.17) is 5.73 Å². The lowest BCUT2D eigenvalue weighted by Crippen LogP contribution is -2.26. The first-order valence-corrected chi connectivity index (χ1v) is 5.93. The Morgan fingerprint density at radius 3 is 2.44 bits per heavy atom. The van der Waals surface area contributed by atoms with Crippen molar-refractivity contribution < 1.29 is 4.39 Å². The van der Waals surface area contributed by atoms with Gasteiger partial charge in [-0.3, -0.25) is 4.90 Å². The number of rotatable bonds is 7. The minimum Gasteiger partial charge on any atom is -0.330 e. The van der Waals surface area contributed by atoms with Gasteiger partial charge < -0.3 is 5.73 Å². The van der Waals surface area contributed by atoms with Crippen LogP contribution in [-0.4, -0.2) is 24.5 Å². The van der Waals surface area contributed by atoms with Gasteiger partial charge in [0.25, 0.3) is 0 Å². The smallest absolute Gasteiger partial charge is 0.123 e. The lowest BCUT2D eigenvalue weighted by molar-refractivity contribution is 0.264. The van der Waals surface area contributed by atoms with E-state index in [0.717, 1.165) is 44.6 Å². The van der Waals surface area contributed by atoms with Crippen molar-refractivity contribution in [2.45, 2.75) is 26.3 Å². The van der Waals surface area contributed by atoms with Crippen molar-refractivity contribution in [2.24, 2.45) is 5.73 Å². The summed E-state index contributed by atoms with van der Waals surface area (Å²) < 4.78 is 12.7. The van der Waals surface area contributed by atoms with Gasteiger partial charge in [0.2, 0.25) is 0 Å². The molecule has 0 radical (unpaired) electrons. The zero-order valence-corrected chi connectivity index (χ0v) is 9.95. The molecule has 0 spiro atoms. The van der Waals surface area contributed by atoms with Gasteiger partial charge in [0.15, 0.2) is 0 Å². The van der Waals surface area contributed by atoms with Crippen LogP contribution in [0.25, 0.3) is 0 Å². The first-order valence-electron chi connectivity index (χ1n) is 5.93. The van der Waals surface area contributed by atoms with Crippen LogP contribution in [0.2, 0.25) is 0 Å². The fraction of sp³-hybridized carbons (Fsp3) is 0.538. The first-order chi connectivity index (χ1) is 7.76. The Morgan fingerprint density at radius 1 is 1.19 bits per heavy atom. The summed E-state index contributed by atoms with van der Waals surface area (Å²) in [7, 11) is 0. The number of benzene rings is 1. The fourth-order valence-electron chi connectivity index (χ4n) is 1.75. The molecule has 1 rings (SSSR count). The van der Waals surface area contributed by atoms with Gasteiger partial charge in [-0.1, -0.05) is 19.1 Å². The van der Waals surface area contributed by atoms with Crippen LogP contribution in [0.1, 0.15) is 25.3 Å². The van der Waals surface area contributed by atoms with Crippen molar-refractivity contribution in [2.75, 3.05) is 19.6 Å². The maximum Gasteiger partial charge on any atom is 0.123 e. The minimum atomic E-state index is -0.173. The lowest BCUT2D eigenvalue weighted by Gasteiger charge is -2.21. The molecule has 1 aromatic carbocycles. The summed E-state index contributed by atoms with van der Waals surface area (Å²) in [5.74, 6) is -0.173. The highest BCUT2D eigenvalue weighted by atomic mass is 19.1. The highest BCUT2D eigenvalue weighted by Crippen LogP contribution is 2.07. The summed E-state index contributed by atoms with van der Waals surface area (Å²) >= 11 is 0. The Balaban J connectivity index is 2.49. The summed E-state index contributed by atoms with van der Waals surface area (Å²) in [4.78, 5) is 2.36. The van der Waals surface area contributed by atoms with Gasteiger partial charge in [-0.2, -0.15) is 0 Å². The summed E-state index contributed by atoms with van der Waals surface area (Å²) in [6.07, 6.45) is 2.15. The van der Waals surface area contributed by atoms with Crippen LogP contribution < -0.4 is 5.73 Å².